The number of rotatable bonds is 4. The molecule has 6 nitrogen and oxygen atoms in total. The van der Waals surface area contributed by atoms with E-state index in [4.69, 9.17) is 16.3 Å². The van der Waals surface area contributed by atoms with Crippen molar-refractivity contribution in [3.63, 3.8) is 0 Å². The molecule has 1 heterocycles. The van der Waals surface area contributed by atoms with Gasteiger partial charge in [0, 0.05) is 12.6 Å². The van der Waals surface area contributed by atoms with Crippen molar-refractivity contribution in [3.8, 4) is 5.75 Å². The van der Waals surface area contributed by atoms with Crippen LogP contribution in [0.25, 0.3) is 0 Å². The molecule has 1 N–H and O–H groups in total. The van der Waals surface area contributed by atoms with E-state index in [-0.39, 0.29) is 16.5 Å². The molecule has 0 aliphatic carbocycles. The first kappa shape index (κ1) is 16.1. The van der Waals surface area contributed by atoms with E-state index in [1.54, 1.807) is 6.07 Å². The molecule has 0 saturated carbocycles. The number of hydrogen-bond acceptors (Lipinski definition) is 4. The number of methoxy groups -OCH3 is 1. The number of hydrogen-bond donors (Lipinski definition) is 1. The zero-order valence-electron chi connectivity index (χ0n) is 11.5. The molecular weight excluding hydrogens is 318 g/mol. The van der Waals surface area contributed by atoms with E-state index in [9.17, 15) is 18.3 Å². The Morgan fingerprint density at radius 3 is 2.76 bits per heavy atom. The van der Waals surface area contributed by atoms with Crippen LogP contribution in [-0.4, -0.2) is 43.5 Å². The van der Waals surface area contributed by atoms with Crippen LogP contribution in [0.2, 0.25) is 5.02 Å². The highest BCUT2D eigenvalue weighted by molar-refractivity contribution is 7.89. The van der Waals surface area contributed by atoms with Crippen LogP contribution in [0.3, 0.4) is 0 Å². The molecule has 0 radical (unpaired) electrons. The third-order valence-corrected chi connectivity index (χ3v) is 5.85. The van der Waals surface area contributed by atoms with Gasteiger partial charge in [-0.1, -0.05) is 11.6 Å². The van der Waals surface area contributed by atoms with Gasteiger partial charge in [-0.15, -0.1) is 0 Å². The van der Waals surface area contributed by atoms with Crippen LogP contribution in [0.5, 0.6) is 5.75 Å². The molecule has 116 valence electrons. The highest BCUT2D eigenvalue weighted by atomic mass is 35.5. The van der Waals surface area contributed by atoms with Crippen molar-refractivity contribution < 1.29 is 23.1 Å². The molecule has 21 heavy (non-hydrogen) atoms. The Bertz CT molecular complexity index is 646. The molecule has 1 fully saturated rings. The van der Waals surface area contributed by atoms with Crippen LogP contribution in [0.1, 0.15) is 19.3 Å². The quantitative estimate of drug-likeness (QED) is 0.910. The minimum Gasteiger partial charge on any atom is -0.497 e. The van der Waals surface area contributed by atoms with Gasteiger partial charge in [-0.05, 0) is 31.4 Å². The summed E-state index contributed by atoms with van der Waals surface area (Å²) < 4.78 is 31.4. The minimum atomic E-state index is -3.98. The number of aliphatic carboxylic acids is 1. The Balaban J connectivity index is 2.47. The zero-order chi connectivity index (χ0) is 15.6. The normalized spacial score (nSPS) is 20.2. The maximum atomic E-state index is 12.7. The molecule has 1 saturated heterocycles. The molecule has 0 bridgehead atoms. The third kappa shape index (κ3) is 3.14. The molecule has 1 aromatic carbocycles. The van der Waals surface area contributed by atoms with Crippen LogP contribution in [0, 0.1) is 0 Å². The highest BCUT2D eigenvalue weighted by Gasteiger charge is 2.38. The fraction of sp³-hybridized carbons (Fsp3) is 0.462. The lowest BCUT2D eigenvalue weighted by Crippen LogP contribution is -2.47. The summed E-state index contributed by atoms with van der Waals surface area (Å²) in [5.41, 5.74) is 0. The highest BCUT2D eigenvalue weighted by Crippen LogP contribution is 2.32. The molecule has 8 heteroatoms. The summed E-state index contributed by atoms with van der Waals surface area (Å²) in [5.74, 6) is -0.792. The van der Waals surface area contributed by atoms with Gasteiger partial charge < -0.3 is 9.84 Å². The van der Waals surface area contributed by atoms with Crippen molar-refractivity contribution in [2.45, 2.75) is 30.2 Å². The van der Waals surface area contributed by atoms with Gasteiger partial charge in [-0.2, -0.15) is 4.31 Å². The van der Waals surface area contributed by atoms with Gasteiger partial charge in [0.15, 0.2) is 0 Å². The second kappa shape index (κ2) is 6.21. The number of sulfonamides is 1. The topological polar surface area (TPSA) is 83.9 Å². The molecule has 0 aromatic heterocycles. The van der Waals surface area contributed by atoms with Gasteiger partial charge in [0.25, 0.3) is 0 Å². The summed E-state index contributed by atoms with van der Waals surface area (Å²) in [7, 11) is -2.56. The summed E-state index contributed by atoms with van der Waals surface area (Å²) in [6.45, 7) is 0.173. The maximum Gasteiger partial charge on any atom is 0.322 e. The molecule has 0 spiro atoms. The van der Waals surface area contributed by atoms with Crippen molar-refractivity contribution in [3.05, 3.63) is 23.2 Å². The van der Waals surface area contributed by atoms with E-state index in [1.807, 2.05) is 0 Å². The van der Waals surface area contributed by atoms with Crippen molar-refractivity contribution in [1.82, 2.24) is 4.31 Å². The fourth-order valence-corrected chi connectivity index (χ4v) is 4.52. The molecule has 2 rings (SSSR count). The standard InChI is InChI=1S/C13H16ClNO5S/c1-20-9-5-6-10(14)12(8-9)21(18,19)15-7-3-2-4-11(15)13(16)17/h5-6,8,11H,2-4,7H2,1H3,(H,16,17). The monoisotopic (exact) mass is 333 g/mol. The van der Waals surface area contributed by atoms with E-state index in [0.29, 0.717) is 25.0 Å². The molecule has 1 aromatic rings. The van der Waals surface area contributed by atoms with Gasteiger partial charge >= 0.3 is 5.97 Å². The maximum absolute atomic E-state index is 12.7. The summed E-state index contributed by atoms with van der Waals surface area (Å²) >= 11 is 5.98. The van der Waals surface area contributed by atoms with Gasteiger partial charge in [0.05, 0.1) is 12.1 Å². The molecule has 1 atom stereocenters. The number of piperidine rings is 1. The summed E-state index contributed by atoms with van der Waals surface area (Å²) in [6.07, 6.45) is 1.62. The van der Waals surface area contributed by atoms with Crippen LogP contribution in [0.15, 0.2) is 23.1 Å². The Morgan fingerprint density at radius 1 is 1.43 bits per heavy atom. The number of benzene rings is 1. The molecule has 1 aliphatic heterocycles. The van der Waals surface area contributed by atoms with Gasteiger partial charge in [0.2, 0.25) is 10.0 Å². The minimum absolute atomic E-state index is 0.0468. The van der Waals surface area contributed by atoms with Crippen LogP contribution >= 0.6 is 11.6 Å². The number of ether oxygens (including phenoxy) is 1. The molecule has 1 aliphatic rings. The smallest absolute Gasteiger partial charge is 0.322 e. The predicted molar refractivity (Wildman–Crippen MR) is 77.2 cm³/mol. The van der Waals surface area contributed by atoms with E-state index in [1.165, 1.54) is 19.2 Å². The third-order valence-electron chi connectivity index (χ3n) is 3.46. The largest absolute Gasteiger partial charge is 0.497 e. The molecule has 1 unspecified atom stereocenters. The lowest BCUT2D eigenvalue weighted by atomic mass is 10.1. The van der Waals surface area contributed by atoms with E-state index < -0.39 is 22.0 Å². The second-order valence-corrected chi connectivity index (χ2v) is 7.03. The number of nitrogens with zero attached hydrogens (tertiary/aromatic N) is 1. The van der Waals surface area contributed by atoms with Crippen molar-refractivity contribution in [1.29, 1.82) is 0 Å². The lowest BCUT2D eigenvalue weighted by molar-refractivity contribution is -0.142. The summed E-state index contributed by atoms with van der Waals surface area (Å²) in [6, 6.07) is 3.23. The number of carboxylic acids is 1. The number of halogens is 1. The predicted octanol–water partition coefficient (Wildman–Crippen LogP) is 1.98. The Labute approximate surface area is 128 Å². The van der Waals surface area contributed by atoms with Crippen molar-refractivity contribution in [2.24, 2.45) is 0 Å². The van der Waals surface area contributed by atoms with Crippen molar-refractivity contribution >= 4 is 27.6 Å². The van der Waals surface area contributed by atoms with Crippen LogP contribution in [-0.2, 0) is 14.8 Å². The summed E-state index contributed by atoms with van der Waals surface area (Å²) in [5, 5.41) is 9.27. The Hall–Kier alpha value is -1.31. The van der Waals surface area contributed by atoms with E-state index >= 15 is 0 Å². The second-order valence-electron chi connectivity index (χ2n) is 4.76. The van der Waals surface area contributed by atoms with Gasteiger partial charge in [0.1, 0.15) is 16.7 Å². The first-order valence-electron chi connectivity index (χ1n) is 6.46. The lowest BCUT2D eigenvalue weighted by Gasteiger charge is -2.32. The number of carboxylic acid groups (broad SMARTS) is 1. The van der Waals surface area contributed by atoms with Gasteiger partial charge in [-0.3, -0.25) is 4.79 Å². The van der Waals surface area contributed by atoms with E-state index in [2.05, 4.69) is 0 Å². The molecule has 0 amide bonds. The fourth-order valence-electron chi connectivity index (χ4n) is 2.37. The summed E-state index contributed by atoms with van der Waals surface area (Å²) in [4.78, 5) is 11.2. The van der Waals surface area contributed by atoms with Crippen LogP contribution in [0.4, 0.5) is 0 Å². The first-order valence-corrected chi connectivity index (χ1v) is 8.28. The Kier molecular flexibility index (Phi) is 4.75. The zero-order valence-corrected chi connectivity index (χ0v) is 13.0. The van der Waals surface area contributed by atoms with Crippen molar-refractivity contribution in [2.75, 3.05) is 13.7 Å². The van der Waals surface area contributed by atoms with E-state index in [0.717, 1.165) is 4.31 Å². The average molecular weight is 334 g/mol. The molecular formula is C13H16ClNO5S. The Morgan fingerprint density at radius 2 is 2.14 bits per heavy atom. The van der Waals surface area contributed by atoms with Gasteiger partial charge in [-0.25, -0.2) is 8.42 Å². The number of carbonyl (C=O) groups is 1. The average Bonchev–Trinajstić information content (AvgIpc) is 2.47. The van der Waals surface area contributed by atoms with Crippen LogP contribution < -0.4 is 4.74 Å². The SMILES string of the molecule is COc1ccc(Cl)c(S(=O)(=O)N2CCCCC2C(=O)O)c1. The first-order chi connectivity index (χ1) is 9.87.